The van der Waals surface area contributed by atoms with E-state index in [9.17, 15) is 14.9 Å². The number of rotatable bonds is 6. The third-order valence-corrected chi connectivity index (χ3v) is 5.67. The number of nitrogens with zero attached hydrogens (tertiary/aromatic N) is 3. The first-order valence-corrected chi connectivity index (χ1v) is 10.2. The summed E-state index contributed by atoms with van der Waals surface area (Å²) in [6, 6.07) is 9.99. The van der Waals surface area contributed by atoms with E-state index < -0.39 is 4.92 Å². The summed E-state index contributed by atoms with van der Waals surface area (Å²) in [6.07, 6.45) is 0.748. The summed E-state index contributed by atoms with van der Waals surface area (Å²) in [7, 11) is 1.44. The minimum Gasteiger partial charge on any atom is -0.493 e. The van der Waals surface area contributed by atoms with Gasteiger partial charge in [0.2, 0.25) is 0 Å². The number of nitro groups is 1. The Morgan fingerprint density at radius 3 is 2.80 bits per heavy atom. The second-order valence-electron chi connectivity index (χ2n) is 6.77. The Bertz CT molecular complexity index is 1130. The van der Waals surface area contributed by atoms with Gasteiger partial charge in [-0.05, 0) is 37.1 Å². The first kappa shape index (κ1) is 19.8. The van der Waals surface area contributed by atoms with Crippen LogP contribution >= 0.6 is 11.3 Å². The molecule has 1 aliphatic rings. The van der Waals surface area contributed by atoms with Crippen LogP contribution in [0, 0.1) is 17.0 Å². The standard InChI is InChI=1S/C21H19N3O5S/c1-13-22-17(12-30-13)14-3-5-18-15(9-14)7-8-23(18)21(25)11-29-20-10-16(24(26)27)4-6-19(20)28-2/h3-6,9-10,12H,7-8,11H2,1-2H3. The van der Waals surface area contributed by atoms with Crippen LogP contribution in [0.1, 0.15) is 10.6 Å². The molecule has 1 aliphatic heterocycles. The van der Waals surface area contributed by atoms with Crippen LogP contribution in [0.5, 0.6) is 11.5 Å². The van der Waals surface area contributed by atoms with Crippen LogP contribution in [0.3, 0.4) is 0 Å². The van der Waals surface area contributed by atoms with Gasteiger partial charge in [0, 0.05) is 29.2 Å². The molecular formula is C21H19N3O5S. The van der Waals surface area contributed by atoms with Gasteiger partial charge in [-0.15, -0.1) is 11.3 Å². The Balaban J connectivity index is 1.49. The minimum absolute atomic E-state index is 0.130. The van der Waals surface area contributed by atoms with E-state index in [1.807, 2.05) is 24.4 Å². The molecule has 1 aromatic heterocycles. The molecule has 0 saturated heterocycles. The molecule has 154 valence electrons. The summed E-state index contributed by atoms with van der Waals surface area (Å²) in [5, 5.41) is 14.0. The lowest BCUT2D eigenvalue weighted by Crippen LogP contribution is -2.33. The van der Waals surface area contributed by atoms with Crippen LogP contribution in [-0.4, -0.2) is 36.1 Å². The van der Waals surface area contributed by atoms with Gasteiger partial charge in [-0.3, -0.25) is 14.9 Å². The van der Waals surface area contributed by atoms with Crippen molar-refractivity contribution in [3.8, 4) is 22.8 Å². The second-order valence-corrected chi connectivity index (χ2v) is 7.83. The summed E-state index contributed by atoms with van der Waals surface area (Å²) in [4.78, 5) is 29.4. The number of nitro benzene ring substituents is 1. The fourth-order valence-corrected chi connectivity index (χ4v) is 4.05. The summed E-state index contributed by atoms with van der Waals surface area (Å²) in [5.74, 6) is 0.270. The molecule has 0 saturated carbocycles. The van der Waals surface area contributed by atoms with Crippen LogP contribution in [0.15, 0.2) is 41.8 Å². The Kier molecular flexibility index (Phi) is 5.37. The van der Waals surface area contributed by atoms with Gasteiger partial charge in [0.15, 0.2) is 18.1 Å². The van der Waals surface area contributed by atoms with Crippen molar-refractivity contribution in [2.24, 2.45) is 0 Å². The average Bonchev–Trinajstić information content (AvgIpc) is 3.37. The number of amides is 1. The van der Waals surface area contributed by atoms with Crippen LogP contribution in [0.25, 0.3) is 11.3 Å². The molecule has 9 heteroatoms. The molecule has 0 aliphatic carbocycles. The number of ether oxygens (including phenoxy) is 2. The lowest BCUT2D eigenvalue weighted by atomic mass is 10.1. The maximum Gasteiger partial charge on any atom is 0.273 e. The molecule has 2 heterocycles. The van der Waals surface area contributed by atoms with Crippen molar-refractivity contribution in [1.29, 1.82) is 0 Å². The molecule has 0 atom stereocenters. The van der Waals surface area contributed by atoms with Gasteiger partial charge in [-0.1, -0.05) is 6.07 Å². The van der Waals surface area contributed by atoms with Crippen molar-refractivity contribution in [2.45, 2.75) is 13.3 Å². The highest BCUT2D eigenvalue weighted by atomic mass is 32.1. The zero-order chi connectivity index (χ0) is 21.3. The first-order valence-electron chi connectivity index (χ1n) is 9.27. The van der Waals surface area contributed by atoms with E-state index in [0.717, 1.165) is 33.9 Å². The maximum absolute atomic E-state index is 12.8. The quantitative estimate of drug-likeness (QED) is 0.438. The molecule has 30 heavy (non-hydrogen) atoms. The second kappa shape index (κ2) is 8.11. The molecule has 0 fully saturated rings. The summed E-state index contributed by atoms with van der Waals surface area (Å²) in [6.45, 7) is 2.28. The van der Waals surface area contributed by atoms with E-state index in [2.05, 4.69) is 11.1 Å². The van der Waals surface area contributed by atoms with E-state index in [-0.39, 0.29) is 24.0 Å². The smallest absolute Gasteiger partial charge is 0.273 e. The lowest BCUT2D eigenvalue weighted by molar-refractivity contribution is -0.385. The lowest BCUT2D eigenvalue weighted by Gasteiger charge is -2.18. The number of carbonyl (C=O) groups excluding carboxylic acids is 1. The van der Waals surface area contributed by atoms with Crippen molar-refractivity contribution in [2.75, 3.05) is 25.2 Å². The van der Waals surface area contributed by atoms with Gasteiger partial charge in [0.05, 0.1) is 28.8 Å². The molecule has 0 N–H and O–H groups in total. The maximum atomic E-state index is 12.8. The molecule has 0 radical (unpaired) electrons. The minimum atomic E-state index is -0.522. The van der Waals surface area contributed by atoms with Crippen molar-refractivity contribution in [3.05, 3.63) is 62.5 Å². The average molecular weight is 425 g/mol. The van der Waals surface area contributed by atoms with E-state index >= 15 is 0 Å². The number of aryl methyl sites for hydroxylation is 1. The topological polar surface area (TPSA) is 94.8 Å². The largest absolute Gasteiger partial charge is 0.493 e. The fraction of sp³-hybridized carbons (Fsp3) is 0.238. The zero-order valence-electron chi connectivity index (χ0n) is 16.5. The molecule has 0 spiro atoms. The van der Waals surface area contributed by atoms with E-state index in [0.29, 0.717) is 12.3 Å². The molecular weight excluding hydrogens is 406 g/mol. The molecule has 1 amide bonds. The number of methoxy groups -OCH3 is 1. The van der Waals surface area contributed by atoms with Crippen molar-refractivity contribution in [1.82, 2.24) is 4.98 Å². The predicted octanol–water partition coefficient (Wildman–Crippen LogP) is 4.00. The van der Waals surface area contributed by atoms with Crippen LogP contribution in [0.2, 0.25) is 0 Å². The molecule has 3 aromatic rings. The molecule has 8 nitrogen and oxygen atoms in total. The van der Waals surface area contributed by atoms with Crippen LogP contribution in [0.4, 0.5) is 11.4 Å². The molecule has 0 unspecified atom stereocenters. The number of carbonyl (C=O) groups is 1. The van der Waals surface area contributed by atoms with Gasteiger partial charge in [-0.2, -0.15) is 0 Å². The van der Waals surface area contributed by atoms with Gasteiger partial charge < -0.3 is 14.4 Å². The molecule has 2 aromatic carbocycles. The summed E-state index contributed by atoms with van der Waals surface area (Å²) in [5.41, 5.74) is 3.77. The van der Waals surface area contributed by atoms with Gasteiger partial charge >= 0.3 is 0 Å². The molecule has 0 bridgehead atoms. The van der Waals surface area contributed by atoms with Gasteiger partial charge in [0.1, 0.15) is 0 Å². The highest BCUT2D eigenvalue weighted by Gasteiger charge is 2.26. The van der Waals surface area contributed by atoms with Crippen LogP contribution < -0.4 is 14.4 Å². The van der Waals surface area contributed by atoms with Crippen molar-refractivity contribution < 1.29 is 19.2 Å². The SMILES string of the molecule is COc1ccc([N+](=O)[O-])cc1OCC(=O)N1CCc2cc(-c3csc(C)n3)ccc21. The normalized spacial score (nSPS) is 12.5. The Morgan fingerprint density at radius 2 is 2.10 bits per heavy atom. The Morgan fingerprint density at radius 1 is 1.27 bits per heavy atom. The predicted molar refractivity (Wildman–Crippen MR) is 113 cm³/mol. The number of hydrogen-bond acceptors (Lipinski definition) is 7. The number of anilines is 1. The van der Waals surface area contributed by atoms with Crippen LogP contribution in [-0.2, 0) is 11.2 Å². The number of aromatic nitrogens is 1. The van der Waals surface area contributed by atoms with Crippen molar-refractivity contribution >= 4 is 28.6 Å². The van der Waals surface area contributed by atoms with Gasteiger partial charge in [-0.25, -0.2) is 4.98 Å². The number of benzene rings is 2. The van der Waals surface area contributed by atoms with E-state index in [4.69, 9.17) is 9.47 Å². The number of non-ortho nitro benzene ring substituents is 1. The number of fused-ring (bicyclic) bond motifs is 1. The Labute approximate surface area is 176 Å². The zero-order valence-corrected chi connectivity index (χ0v) is 17.3. The third-order valence-electron chi connectivity index (χ3n) is 4.90. The third kappa shape index (κ3) is 3.84. The van der Waals surface area contributed by atoms with E-state index in [1.54, 1.807) is 16.2 Å². The summed E-state index contributed by atoms with van der Waals surface area (Å²) < 4.78 is 10.7. The highest BCUT2D eigenvalue weighted by molar-refractivity contribution is 7.09. The van der Waals surface area contributed by atoms with Gasteiger partial charge in [0.25, 0.3) is 11.6 Å². The number of thiazole rings is 1. The fourth-order valence-electron chi connectivity index (χ4n) is 3.43. The monoisotopic (exact) mass is 425 g/mol. The van der Waals surface area contributed by atoms with E-state index in [1.165, 1.54) is 25.3 Å². The first-order chi connectivity index (χ1) is 14.5. The summed E-state index contributed by atoms with van der Waals surface area (Å²) >= 11 is 1.60. The molecule has 4 rings (SSSR count). The van der Waals surface area contributed by atoms with Crippen molar-refractivity contribution in [3.63, 3.8) is 0 Å². The Hall–Kier alpha value is -3.46. The number of hydrogen-bond donors (Lipinski definition) is 0. The highest BCUT2D eigenvalue weighted by Crippen LogP contribution is 2.34.